The Kier molecular flexibility index (Phi) is 3.83. The van der Waals surface area contributed by atoms with Crippen molar-refractivity contribution in [2.45, 2.75) is 12.1 Å². The fourth-order valence-corrected chi connectivity index (χ4v) is 2.13. The van der Waals surface area contributed by atoms with Gasteiger partial charge >= 0.3 is 5.97 Å². The Morgan fingerprint density at radius 3 is 3.06 bits per heavy atom. The first-order valence-corrected chi connectivity index (χ1v) is 6.34. The van der Waals surface area contributed by atoms with Crippen LogP contribution >= 0.6 is 23.4 Å². The number of halogens is 1. The van der Waals surface area contributed by atoms with Gasteiger partial charge in [0.2, 0.25) is 5.16 Å². The van der Waals surface area contributed by atoms with Gasteiger partial charge in [0.1, 0.15) is 0 Å². The zero-order valence-electron chi connectivity index (χ0n) is 9.37. The summed E-state index contributed by atoms with van der Waals surface area (Å²) in [4.78, 5) is 10.5. The third-order valence-electron chi connectivity index (χ3n) is 2.17. The molecule has 0 saturated heterocycles. The Morgan fingerprint density at radius 1 is 1.56 bits per heavy atom. The highest BCUT2D eigenvalue weighted by molar-refractivity contribution is 7.99. The highest BCUT2D eigenvalue weighted by Crippen LogP contribution is 2.23. The Labute approximate surface area is 112 Å². The molecule has 8 heteroatoms. The number of thioether (sulfide) groups is 1. The molecule has 1 aromatic carbocycles. The Balaban J connectivity index is 2.36. The van der Waals surface area contributed by atoms with Crippen LogP contribution in [0.25, 0.3) is 5.69 Å². The molecule has 0 aliphatic heterocycles. The van der Waals surface area contributed by atoms with Gasteiger partial charge in [-0.25, -0.2) is 0 Å². The second kappa shape index (κ2) is 5.36. The summed E-state index contributed by atoms with van der Waals surface area (Å²) in [6.45, 7) is 1.90. The standard InChI is InChI=1S/C10H9ClN4O2S/c1-6-2-3-7(11)4-8(6)15-10(12-13-14-15)18-5-9(16)17/h2-4H,5H2,1H3,(H,16,17). The average Bonchev–Trinajstić information content (AvgIpc) is 2.77. The van der Waals surface area contributed by atoms with Crippen molar-refractivity contribution in [3.8, 4) is 5.69 Å². The lowest BCUT2D eigenvalue weighted by atomic mass is 10.2. The number of rotatable bonds is 4. The molecule has 0 fully saturated rings. The summed E-state index contributed by atoms with van der Waals surface area (Å²) < 4.78 is 1.48. The third kappa shape index (κ3) is 2.80. The fourth-order valence-electron chi connectivity index (χ4n) is 1.36. The van der Waals surface area contributed by atoms with E-state index in [9.17, 15) is 4.79 Å². The van der Waals surface area contributed by atoms with Crippen molar-refractivity contribution < 1.29 is 9.90 Å². The number of aryl methyl sites for hydroxylation is 1. The molecular weight excluding hydrogens is 276 g/mol. The molecule has 0 unspecified atom stereocenters. The molecule has 6 nitrogen and oxygen atoms in total. The van der Waals surface area contributed by atoms with Gasteiger partial charge in [0.15, 0.2) is 0 Å². The monoisotopic (exact) mass is 284 g/mol. The Morgan fingerprint density at radius 2 is 2.33 bits per heavy atom. The van der Waals surface area contributed by atoms with Crippen LogP contribution in [0, 0.1) is 6.92 Å². The van der Waals surface area contributed by atoms with Crippen LogP contribution in [0.3, 0.4) is 0 Å². The molecule has 1 heterocycles. The van der Waals surface area contributed by atoms with E-state index in [-0.39, 0.29) is 5.75 Å². The zero-order valence-corrected chi connectivity index (χ0v) is 10.9. The molecule has 0 radical (unpaired) electrons. The molecule has 0 atom stereocenters. The van der Waals surface area contributed by atoms with Gasteiger partial charge in [-0.05, 0) is 35.0 Å². The molecule has 2 aromatic rings. The van der Waals surface area contributed by atoms with E-state index >= 15 is 0 Å². The summed E-state index contributed by atoms with van der Waals surface area (Å²) in [7, 11) is 0. The number of carbonyl (C=O) groups is 1. The summed E-state index contributed by atoms with van der Waals surface area (Å²) in [6, 6.07) is 5.36. The van der Waals surface area contributed by atoms with E-state index in [1.165, 1.54) is 4.68 Å². The number of aliphatic carboxylic acids is 1. The number of nitrogens with zero attached hydrogens (tertiary/aromatic N) is 4. The molecule has 0 aliphatic rings. The smallest absolute Gasteiger partial charge is 0.313 e. The van der Waals surface area contributed by atoms with Crippen molar-refractivity contribution >= 4 is 29.3 Å². The molecule has 18 heavy (non-hydrogen) atoms. The van der Waals surface area contributed by atoms with Crippen LogP contribution in [-0.4, -0.2) is 37.0 Å². The van der Waals surface area contributed by atoms with Crippen LogP contribution in [0.15, 0.2) is 23.4 Å². The molecule has 2 rings (SSSR count). The summed E-state index contributed by atoms with van der Waals surface area (Å²) in [5, 5.41) is 20.8. The minimum Gasteiger partial charge on any atom is -0.481 e. The molecule has 1 N–H and O–H groups in total. The van der Waals surface area contributed by atoms with E-state index in [1.54, 1.807) is 12.1 Å². The van der Waals surface area contributed by atoms with E-state index in [0.717, 1.165) is 23.0 Å². The van der Waals surface area contributed by atoms with E-state index in [1.807, 2.05) is 13.0 Å². The van der Waals surface area contributed by atoms with Crippen LogP contribution in [0.2, 0.25) is 5.02 Å². The first kappa shape index (κ1) is 12.8. The topological polar surface area (TPSA) is 80.9 Å². The second-order valence-corrected chi connectivity index (χ2v) is 4.87. The number of hydrogen-bond acceptors (Lipinski definition) is 5. The number of benzene rings is 1. The first-order chi connectivity index (χ1) is 8.58. The molecule has 0 saturated carbocycles. The highest BCUT2D eigenvalue weighted by atomic mass is 35.5. The van der Waals surface area contributed by atoms with Gasteiger partial charge in [-0.2, -0.15) is 4.68 Å². The molecule has 0 aliphatic carbocycles. The number of tetrazole rings is 1. The maximum Gasteiger partial charge on any atom is 0.313 e. The lowest BCUT2D eigenvalue weighted by Crippen LogP contribution is -2.04. The van der Waals surface area contributed by atoms with E-state index in [4.69, 9.17) is 16.7 Å². The summed E-state index contributed by atoms with van der Waals surface area (Å²) >= 11 is 6.99. The van der Waals surface area contributed by atoms with Gasteiger partial charge in [-0.1, -0.05) is 29.4 Å². The molecule has 1 aromatic heterocycles. The van der Waals surface area contributed by atoms with Gasteiger partial charge < -0.3 is 5.11 Å². The predicted molar refractivity (Wildman–Crippen MR) is 67.3 cm³/mol. The van der Waals surface area contributed by atoms with E-state index in [0.29, 0.717) is 10.2 Å². The van der Waals surface area contributed by atoms with Crippen LogP contribution in [0.4, 0.5) is 0 Å². The largest absolute Gasteiger partial charge is 0.481 e. The van der Waals surface area contributed by atoms with E-state index in [2.05, 4.69) is 15.5 Å². The van der Waals surface area contributed by atoms with Gasteiger partial charge in [-0.3, -0.25) is 4.79 Å². The minimum atomic E-state index is -0.919. The van der Waals surface area contributed by atoms with Crippen LogP contribution in [-0.2, 0) is 4.79 Å². The number of aromatic nitrogens is 4. The summed E-state index contributed by atoms with van der Waals surface area (Å²) in [5.74, 6) is -1.02. The van der Waals surface area contributed by atoms with Crippen LogP contribution in [0.1, 0.15) is 5.56 Å². The lowest BCUT2D eigenvalue weighted by Gasteiger charge is -2.07. The maximum absolute atomic E-state index is 10.5. The zero-order chi connectivity index (χ0) is 13.1. The number of hydrogen-bond donors (Lipinski definition) is 1. The predicted octanol–water partition coefficient (Wildman–Crippen LogP) is 1.80. The van der Waals surface area contributed by atoms with Gasteiger partial charge in [0.25, 0.3) is 0 Å². The van der Waals surface area contributed by atoms with Crippen molar-refractivity contribution in [1.82, 2.24) is 20.2 Å². The lowest BCUT2D eigenvalue weighted by molar-refractivity contribution is -0.133. The maximum atomic E-state index is 10.5. The third-order valence-corrected chi connectivity index (χ3v) is 3.30. The second-order valence-electron chi connectivity index (χ2n) is 3.49. The normalized spacial score (nSPS) is 10.6. The fraction of sp³-hybridized carbons (Fsp3) is 0.200. The summed E-state index contributed by atoms with van der Waals surface area (Å²) in [6.07, 6.45) is 0. The average molecular weight is 285 g/mol. The highest BCUT2D eigenvalue weighted by Gasteiger charge is 2.12. The molecule has 0 amide bonds. The minimum absolute atomic E-state index is 0.0972. The SMILES string of the molecule is Cc1ccc(Cl)cc1-n1nnnc1SCC(=O)O. The Hall–Kier alpha value is -1.60. The van der Waals surface area contributed by atoms with Gasteiger partial charge in [0.05, 0.1) is 11.4 Å². The van der Waals surface area contributed by atoms with Crippen molar-refractivity contribution in [3.05, 3.63) is 28.8 Å². The van der Waals surface area contributed by atoms with Crippen molar-refractivity contribution in [3.63, 3.8) is 0 Å². The van der Waals surface area contributed by atoms with Crippen molar-refractivity contribution in [1.29, 1.82) is 0 Å². The summed E-state index contributed by atoms with van der Waals surface area (Å²) in [5.41, 5.74) is 1.68. The number of carboxylic acids is 1. The van der Waals surface area contributed by atoms with E-state index < -0.39 is 5.97 Å². The van der Waals surface area contributed by atoms with Gasteiger partial charge in [0, 0.05) is 5.02 Å². The quantitative estimate of drug-likeness (QED) is 0.862. The van der Waals surface area contributed by atoms with Crippen molar-refractivity contribution in [2.75, 3.05) is 5.75 Å². The molecular formula is C10H9ClN4O2S. The van der Waals surface area contributed by atoms with Crippen LogP contribution < -0.4 is 0 Å². The molecule has 0 bridgehead atoms. The van der Waals surface area contributed by atoms with Crippen LogP contribution in [0.5, 0.6) is 0 Å². The Bertz CT molecular complexity index is 587. The molecule has 0 spiro atoms. The van der Waals surface area contributed by atoms with Gasteiger partial charge in [-0.15, -0.1) is 5.10 Å². The number of carboxylic acid groups (broad SMARTS) is 1. The first-order valence-electron chi connectivity index (χ1n) is 4.97. The molecule has 94 valence electrons. The van der Waals surface area contributed by atoms with Crippen molar-refractivity contribution in [2.24, 2.45) is 0 Å².